The van der Waals surface area contributed by atoms with Gasteiger partial charge in [0.15, 0.2) is 0 Å². The van der Waals surface area contributed by atoms with E-state index in [9.17, 15) is 17.6 Å². The molecule has 1 aliphatic rings. The number of ether oxygens (including phenoxy) is 1. The number of halogens is 1. The van der Waals surface area contributed by atoms with Crippen LogP contribution in [0.1, 0.15) is 18.7 Å². The summed E-state index contributed by atoms with van der Waals surface area (Å²) in [5.41, 5.74) is 0.775. The van der Waals surface area contributed by atoms with Gasteiger partial charge >= 0.3 is 0 Å². The molecule has 0 bridgehead atoms. The molecular weight excluding hydrogens is 463 g/mol. The third kappa shape index (κ3) is 5.42. The zero-order valence-corrected chi connectivity index (χ0v) is 19.5. The quantitative estimate of drug-likeness (QED) is 0.503. The lowest BCUT2D eigenvalue weighted by molar-refractivity contribution is -0.131. The summed E-state index contributed by atoms with van der Waals surface area (Å²) < 4.78 is 50.6. The molecule has 0 N–H and O–H groups in total. The molecule has 180 valence electrons. The van der Waals surface area contributed by atoms with E-state index >= 15 is 0 Å². The molecule has 0 radical (unpaired) electrons. The van der Waals surface area contributed by atoms with Crippen LogP contribution in [0, 0.1) is 5.82 Å². The SMILES string of the molecule is COc1ccc(-c2noc(CCC(=O)N3CCCN(S(=O)(=O)c4ccc(F)cc4)CC3)n2)cc1. The third-order valence-corrected chi connectivity index (χ3v) is 7.54. The lowest BCUT2D eigenvalue weighted by Crippen LogP contribution is -2.37. The standard InChI is InChI=1S/C23H25FN4O5S/c1-32-19-7-3-17(4-8-19)23-25-21(33-26-23)11-12-22(29)27-13-2-14-28(16-15-27)34(30,31)20-9-5-18(24)6-10-20/h3-10H,2,11-16H2,1H3. The predicted octanol–water partition coefficient (Wildman–Crippen LogP) is 2.74. The highest BCUT2D eigenvalue weighted by Gasteiger charge is 2.28. The molecule has 1 fully saturated rings. The topological polar surface area (TPSA) is 106 Å². The van der Waals surface area contributed by atoms with Gasteiger partial charge in [0.2, 0.25) is 27.6 Å². The Labute approximate surface area is 197 Å². The number of methoxy groups -OCH3 is 1. The maximum absolute atomic E-state index is 13.2. The van der Waals surface area contributed by atoms with Crippen LogP contribution in [0.25, 0.3) is 11.4 Å². The Hall–Kier alpha value is -3.31. The average Bonchev–Trinajstić information content (AvgIpc) is 3.17. The second kappa shape index (κ2) is 10.3. The highest BCUT2D eigenvalue weighted by molar-refractivity contribution is 7.89. The smallest absolute Gasteiger partial charge is 0.243 e. The van der Waals surface area contributed by atoms with Crippen molar-refractivity contribution in [3.63, 3.8) is 0 Å². The number of aromatic nitrogens is 2. The van der Waals surface area contributed by atoms with Crippen LogP contribution in [0.2, 0.25) is 0 Å². The summed E-state index contributed by atoms with van der Waals surface area (Å²) in [4.78, 5) is 18.8. The average molecular weight is 489 g/mol. The van der Waals surface area contributed by atoms with E-state index in [-0.39, 0.29) is 36.7 Å². The Kier molecular flexibility index (Phi) is 7.23. The number of amides is 1. The molecule has 2 aromatic carbocycles. The van der Waals surface area contributed by atoms with Crippen molar-refractivity contribution >= 4 is 15.9 Å². The number of benzene rings is 2. The molecule has 0 saturated carbocycles. The number of carbonyl (C=O) groups is 1. The largest absolute Gasteiger partial charge is 0.497 e. The van der Waals surface area contributed by atoms with Gasteiger partial charge in [0.25, 0.3) is 0 Å². The minimum absolute atomic E-state index is 0.0396. The molecule has 1 amide bonds. The van der Waals surface area contributed by atoms with Gasteiger partial charge in [-0.2, -0.15) is 9.29 Å². The van der Waals surface area contributed by atoms with Gasteiger partial charge in [0, 0.05) is 44.6 Å². The van der Waals surface area contributed by atoms with Crippen LogP contribution in [-0.4, -0.2) is 67.0 Å². The molecule has 9 nitrogen and oxygen atoms in total. The minimum atomic E-state index is -3.75. The number of nitrogens with zero attached hydrogens (tertiary/aromatic N) is 4. The number of hydrogen-bond donors (Lipinski definition) is 0. The first kappa shape index (κ1) is 23.8. The van der Waals surface area contributed by atoms with Crippen molar-refractivity contribution in [3.05, 3.63) is 60.2 Å². The number of hydrogen-bond acceptors (Lipinski definition) is 7. The highest BCUT2D eigenvalue weighted by Crippen LogP contribution is 2.21. The summed E-state index contributed by atoms with van der Waals surface area (Å²) in [5.74, 6) is 0.907. The first-order chi connectivity index (χ1) is 16.4. The van der Waals surface area contributed by atoms with Gasteiger partial charge in [0.05, 0.1) is 12.0 Å². The Morgan fingerprint density at radius 2 is 1.79 bits per heavy atom. The molecule has 0 aliphatic carbocycles. The third-order valence-electron chi connectivity index (χ3n) is 5.63. The van der Waals surface area contributed by atoms with Crippen molar-refractivity contribution in [2.45, 2.75) is 24.2 Å². The Balaban J connectivity index is 1.32. The van der Waals surface area contributed by atoms with Crippen LogP contribution >= 0.6 is 0 Å². The summed E-state index contributed by atoms with van der Waals surface area (Å²) in [5, 5.41) is 3.97. The minimum Gasteiger partial charge on any atom is -0.497 e. The van der Waals surface area contributed by atoms with E-state index in [2.05, 4.69) is 10.1 Å². The molecule has 1 saturated heterocycles. The van der Waals surface area contributed by atoms with Crippen molar-refractivity contribution in [2.75, 3.05) is 33.3 Å². The van der Waals surface area contributed by atoms with Crippen molar-refractivity contribution < 1.29 is 26.9 Å². The molecule has 0 unspecified atom stereocenters. The van der Waals surface area contributed by atoms with Crippen molar-refractivity contribution in [1.82, 2.24) is 19.3 Å². The predicted molar refractivity (Wildman–Crippen MR) is 121 cm³/mol. The number of sulfonamides is 1. The number of rotatable bonds is 7. The van der Waals surface area contributed by atoms with E-state index < -0.39 is 15.8 Å². The van der Waals surface area contributed by atoms with E-state index in [0.717, 1.165) is 23.4 Å². The van der Waals surface area contributed by atoms with Gasteiger partial charge in [0.1, 0.15) is 11.6 Å². The van der Waals surface area contributed by atoms with E-state index in [0.29, 0.717) is 31.2 Å². The van der Waals surface area contributed by atoms with E-state index in [1.54, 1.807) is 24.1 Å². The van der Waals surface area contributed by atoms with Gasteiger partial charge in [-0.3, -0.25) is 4.79 Å². The molecule has 34 heavy (non-hydrogen) atoms. The normalized spacial score (nSPS) is 15.2. The summed E-state index contributed by atoms with van der Waals surface area (Å²) in [6.45, 7) is 1.20. The van der Waals surface area contributed by atoms with Crippen molar-refractivity contribution in [3.8, 4) is 17.1 Å². The fraction of sp³-hybridized carbons (Fsp3) is 0.348. The fourth-order valence-electron chi connectivity index (χ4n) is 3.72. The monoisotopic (exact) mass is 488 g/mol. The van der Waals surface area contributed by atoms with Gasteiger partial charge in [-0.05, 0) is 55.0 Å². The van der Waals surface area contributed by atoms with Crippen LogP contribution in [-0.2, 0) is 21.2 Å². The van der Waals surface area contributed by atoms with Crippen LogP contribution in [0.3, 0.4) is 0 Å². The molecular formula is C23H25FN4O5S. The second-order valence-electron chi connectivity index (χ2n) is 7.83. The van der Waals surface area contributed by atoms with Gasteiger partial charge in [-0.15, -0.1) is 0 Å². The summed E-state index contributed by atoms with van der Waals surface area (Å²) in [6.07, 6.45) is 0.972. The second-order valence-corrected chi connectivity index (χ2v) is 9.77. The first-order valence-electron chi connectivity index (χ1n) is 10.9. The van der Waals surface area contributed by atoms with Gasteiger partial charge in [-0.25, -0.2) is 12.8 Å². The lowest BCUT2D eigenvalue weighted by atomic mass is 10.2. The van der Waals surface area contributed by atoms with Gasteiger partial charge in [-0.1, -0.05) is 5.16 Å². The van der Waals surface area contributed by atoms with E-state index in [4.69, 9.17) is 9.26 Å². The zero-order chi connectivity index (χ0) is 24.1. The van der Waals surface area contributed by atoms with E-state index in [1.807, 2.05) is 12.1 Å². The van der Waals surface area contributed by atoms with Crippen molar-refractivity contribution in [2.24, 2.45) is 0 Å². The maximum atomic E-state index is 13.2. The molecule has 0 spiro atoms. The van der Waals surface area contributed by atoms with Crippen LogP contribution in [0.15, 0.2) is 57.9 Å². The van der Waals surface area contributed by atoms with Gasteiger partial charge < -0.3 is 14.2 Å². The molecule has 2 heterocycles. The first-order valence-corrected chi connectivity index (χ1v) is 12.3. The fourth-order valence-corrected chi connectivity index (χ4v) is 5.19. The van der Waals surface area contributed by atoms with Crippen LogP contribution in [0.4, 0.5) is 4.39 Å². The highest BCUT2D eigenvalue weighted by atomic mass is 32.2. The molecule has 1 aromatic heterocycles. The Morgan fingerprint density at radius 1 is 1.06 bits per heavy atom. The Bertz CT molecular complexity index is 1230. The van der Waals surface area contributed by atoms with Crippen LogP contribution in [0.5, 0.6) is 5.75 Å². The zero-order valence-electron chi connectivity index (χ0n) is 18.7. The lowest BCUT2D eigenvalue weighted by Gasteiger charge is -2.22. The van der Waals surface area contributed by atoms with E-state index in [1.165, 1.54) is 16.4 Å². The summed E-state index contributed by atoms with van der Waals surface area (Å²) >= 11 is 0. The molecule has 1 aliphatic heterocycles. The summed E-state index contributed by atoms with van der Waals surface area (Å²) in [7, 11) is -2.16. The molecule has 4 rings (SSSR count). The molecule has 0 atom stereocenters. The maximum Gasteiger partial charge on any atom is 0.243 e. The van der Waals surface area contributed by atoms with Crippen LogP contribution < -0.4 is 4.74 Å². The number of aryl methyl sites for hydroxylation is 1. The number of carbonyl (C=O) groups excluding carboxylic acids is 1. The molecule has 11 heteroatoms. The summed E-state index contributed by atoms with van der Waals surface area (Å²) in [6, 6.07) is 12.0. The Morgan fingerprint density at radius 3 is 2.50 bits per heavy atom. The van der Waals surface area contributed by atoms with Crippen molar-refractivity contribution in [1.29, 1.82) is 0 Å². The molecule has 3 aromatic rings.